The molecule has 5 heteroatoms. The fraction of sp³-hybridized carbons (Fsp3) is 0.417. The lowest BCUT2D eigenvalue weighted by molar-refractivity contribution is 0.101. The topological polar surface area (TPSA) is 55.8 Å². The summed E-state index contributed by atoms with van der Waals surface area (Å²) >= 11 is 3.15. The minimum absolute atomic E-state index is 0.0321. The molecule has 0 saturated heterocycles. The van der Waals surface area contributed by atoms with Gasteiger partial charge in [0.2, 0.25) is 0 Å². The predicted molar refractivity (Wildman–Crippen MR) is 68.3 cm³/mol. The molecule has 1 aromatic carbocycles. The van der Waals surface area contributed by atoms with Gasteiger partial charge in [0.1, 0.15) is 6.61 Å². The zero-order valence-corrected chi connectivity index (χ0v) is 11.4. The average molecular weight is 303 g/mol. The third-order valence-corrected chi connectivity index (χ3v) is 2.93. The summed E-state index contributed by atoms with van der Waals surface area (Å²) in [4.78, 5) is 11.2. The summed E-state index contributed by atoms with van der Waals surface area (Å²) in [5, 5.41) is 9.80. The molecule has 1 rings (SSSR count). The maximum Gasteiger partial charge on any atom is 0.161 e. The first-order chi connectivity index (χ1) is 8.08. The number of aliphatic hydroxyl groups is 1. The summed E-state index contributed by atoms with van der Waals surface area (Å²) < 4.78 is 10.5. The number of alkyl halides is 1. The molecule has 94 valence electrons. The third kappa shape index (κ3) is 4.02. The van der Waals surface area contributed by atoms with Crippen LogP contribution in [0.2, 0.25) is 0 Å². The van der Waals surface area contributed by atoms with Crippen LogP contribution < -0.4 is 9.47 Å². The van der Waals surface area contributed by atoms with E-state index < -0.39 is 6.10 Å². The first-order valence-corrected chi connectivity index (χ1v) is 6.26. The molecular formula is C12H15BrO4. The molecule has 0 heterocycles. The normalized spacial score (nSPS) is 12.0. The molecule has 1 unspecified atom stereocenters. The van der Waals surface area contributed by atoms with Gasteiger partial charge in [-0.2, -0.15) is 0 Å². The van der Waals surface area contributed by atoms with Crippen molar-refractivity contribution >= 4 is 21.7 Å². The number of carbonyl (C=O) groups is 1. The van der Waals surface area contributed by atoms with E-state index in [1.165, 1.54) is 14.0 Å². The highest BCUT2D eigenvalue weighted by molar-refractivity contribution is 9.09. The van der Waals surface area contributed by atoms with Crippen LogP contribution in [0.3, 0.4) is 0 Å². The Morgan fingerprint density at radius 2 is 2.18 bits per heavy atom. The summed E-state index contributed by atoms with van der Waals surface area (Å²) in [5.74, 6) is 0.965. The zero-order valence-electron chi connectivity index (χ0n) is 9.77. The van der Waals surface area contributed by atoms with Crippen LogP contribution >= 0.6 is 15.9 Å². The summed E-state index contributed by atoms with van der Waals surface area (Å²) in [6.07, 6.45) is -0.577. The van der Waals surface area contributed by atoms with E-state index in [2.05, 4.69) is 15.9 Å². The van der Waals surface area contributed by atoms with Gasteiger partial charge in [-0.15, -0.1) is 0 Å². The molecule has 1 aromatic rings. The van der Waals surface area contributed by atoms with Crippen molar-refractivity contribution in [1.29, 1.82) is 0 Å². The van der Waals surface area contributed by atoms with Crippen LogP contribution in [0, 0.1) is 0 Å². The smallest absolute Gasteiger partial charge is 0.161 e. The Hall–Kier alpha value is -1.07. The molecule has 1 N–H and O–H groups in total. The molecule has 0 bridgehead atoms. The number of rotatable bonds is 6. The largest absolute Gasteiger partial charge is 0.493 e. The van der Waals surface area contributed by atoms with Gasteiger partial charge in [-0.05, 0) is 25.1 Å². The van der Waals surface area contributed by atoms with Crippen LogP contribution in [0.15, 0.2) is 18.2 Å². The van der Waals surface area contributed by atoms with Gasteiger partial charge in [-0.25, -0.2) is 0 Å². The minimum atomic E-state index is -0.577. The SMILES string of the molecule is COc1cc(C(C)=O)ccc1OCC(O)CBr. The molecule has 17 heavy (non-hydrogen) atoms. The second-order valence-electron chi connectivity index (χ2n) is 3.54. The maximum atomic E-state index is 11.2. The molecule has 0 amide bonds. The third-order valence-electron chi connectivity index (χ3n) is 2.18. The molecule has 4 nitrogen and oxygen atoms in total. The fourth-order valence-corrected chi connectivity index (χ4v) is 1.42. The van der Waals surface area contributed by atoms with E-state index >= 15 is 0 Å². The van der Waals surface area contributed by atoms with Crippen molar-refractivity contribution in [2.24, 2.45) is 0 Å². The maximum absolute atomic E-state index is 11.2. The van der Waals surface area contributed by atoms with Gasteiger partial charge in [0.25, 0.3) is 0 Å². The Kier molecular flexibility index (Phi) is 5.44. The number of ketones is 1. The van der Waals surface area contributed by atoms with Crippen molar-refractivity contribution in [2.45, 2.75) is 13.0 Å². The lowest BCUT2D eigenvalue weighted by Crippen LogP contribution is -2.18. The van der Waals surface area contributed by atoms with E-state index in [0.717, 1.165) is 0 Å². The second kappa shape index (κ2) is 6.61. The number of benzene rings is 1. The van der Waals surface area contributed by atoms with Gasteiger partial charge in [0.05, 0.1) is 13.2 Å². The van der Waals surface area contributed by atoms with Crippen molar-refractivity contribution in [3.8, 4) is 11.5 Å². The number of methoxy groups -OCH3 is 1. The number of halogens is 1. The molecule has 1 atom stereocenters. The van der Waals surface area contributed by atoms with Crippen molar-refractivity contribution in [3.63, 3.8) is 0 Å². The van der Waals surface area contributed by atoms with Gasteiger partial charge < -0.3 is 14.6 Å². The molecule has 0 saturated carbocycles. The van der Waals surface area contributed by atoms with Crippen LogP contribution in [0.1, 0.15) is 17.3 Å². The van der Waals surface area contributed by atoms with Crippen LogP contribution in [0.4, 0.5) is 0 Å². The number of carbonyl (C=O) groups excluding carboxylic acids is 1. The number of hydrogen-bond donors (Lipinski definition) is 1. The first-order valence-electron chi connectivity index (χ1n) is 5.14. The Bertz CT molecular complexity index is 392. The molecule has 0 aliphatic rings. The van der Waals surface area contributed by atoms with Crippen molar-refractivity contribution < 1.29 is 19.4 Å². The average Bonchev–Trinajstić information content (AvgIpc) is 2.35. The molecule has 0 aliphatic carbocycles. The Labute approximate surface area is 109 Å². The van der Waals surface area contributed by atoms with Gasteiger partial charge in [0.15, 0.2) is 17.3 Å². The van der Waals surface area contributed by atoms with E-state index in [-0.39, 0.29) is 12.4 Å². The number of hydrogen-bond acceptors (Lipinski definition) is 4. The Balaban J connectivity index is 2.82. The number of aliphatic hydroxyl groups excluding tert-OH is 1. The summed E-state index contributed by atoms with van der Waals surface area (Å²) in [5.41, 5.74) is 0.565. The standard InChI is InChI=1S/C12H15BrO4/c1-8(14)9-3-4-11(12(5-9)16-2)17-7-10(15)6-13/h3-5,10,15H,6-7H2,1-2H3. The van der Waals surface area contributed by atoms with Gasteiger partial charge >= 0.3 is 0 Å². The molecule has 0 radical (unpaired) electrons. The van der Waals surface area contributed by atoms with Gasteiger partial charge in [-0.3, -0.25) is 4.79 Å². The van der Waals surface area contributed by atoms with E-state index in [1.54, 1.807) is 18.2 Å². The lowest BCUT2D eigenvalue weighted by atomic mass is 10.1. The van der Waals surface area contributed by atoms with Crippen LogP contribution in [0.25, 0.3) is 0 Å². The van der Waals surface area contributed by atoms with Crippen molar-refractivity contribution in [3.05, 3.63) is 23.8 Å². The van der Waals surface area contributed by atoms with Crippen LogP contribution in [0.5, 0.6) is 11.5 Å². The zero-order chi connectivity index (χ0) is 12.8. The second-order valence-corrected chi connectivity index (χ2v) is 4.19. The highest BCUT2D eigenvalue weighted by Gasteiger charge is 2.10. The molecule has 0 spiro atoms. The minimum Gasteiger partial charge on any atom is -0.493 e. The quantitative estimate of drug-likeness (QED) is 0.645. The van der Waals surface area contributed by atoms with E-state index in [0.29, 0.717) is 22.4 Å². The Morgan fingerprint density at radius 1 is 1.47 bits per heavy atom. The number of Topliss-reactive ketones (excluding diaryl/α,β-unsaturated/α-hetero) is 1. The molecule has 0 aromatic heterocycles. The monoisotopic (exact) mass is 302 g/mol. The first kappa shape index (κ1) is 14.0. The van der Waals surface area contributed by atoms with Crippen LogP contribution in [-0.4, -0.2) is 36.0 Å². The van der Waals surface area contributed by atoms with Crippen molar-refractivity contribution in [1.82, 2.24) is 0 Å². The fourth-order valence-electron chi connectivity index (χ4n) is 1.24. The highest BCUT2D eigenvalue weighted by Crippen LogP contribution is 2.28. The molecule has 0 fully saturated rings. The van der Waals surface area contributed by atoms with Gasteiger partial charge in [0, 0.05) is 10.9 Å². The lowest BCUT2D eigenvalue weighted by Gasteiger charge is -2.13. The predicted octanol–water partition coefficient (Wildman–Crippen LogP) is 2.03. The van der Waals surface area contributed by atoms with E-state index in [4.69, 9.17) is 9.47 Å². The highest BCUT2D eigenvalue weighted by atomic mass is 79.9. The molecule has 0 aliphatic heterocycles. The van der Waals surface area contributed by atoms with Crippen molar-refractivity contribution in [2.75, 3.05) is 19.0 Å². The number of ether oxygens (including phenoxy) is 2. The molecular weight excluding hydrogens is 288 g/mol. The summed E-state index contributed by atoms with van der Waals surface area (Å²) in [6.45, 7) is 1.66. The van der Waals surface area contributed by atoms with Gasteiger partial charge in [-0.1, -0.05) is 15.9 Å². The van der Waals surface area contributed by atoms with E-state index in [1.807, 2.05) is 0 Å². The summed E-state index contributed by atoms with van der Waals surface area (Å²) in [7, 11) is 1.51. The summed E-state index contributed by atoms with van der Waals surface area (Å²) in [6, 6.07) is 4.95. The van der Waals surface area contributed by atoms with E-state index in [9.17, 15) is 9.90 Å². The van der Waals surface area contributed by atoms with Crippen LogP contribution in [-0.2, 0) is 0 Å². The Morgan fingerprint density at radius 3 is 2.71 bits per heavy atom.